The molecule has 4 heteroatoms. The van der Waals surface area contributed by atoms with E-state index in [-0.39, 0.29) is 24.9 Å². The van der Waals surface area contributed by atoms with Crippen molar-refractivity contribution in [2.45, 2.75) is 26.0 Å². The maximum atomic E-state index is 12.3. The quantitative estimate of drug-likeness (QED) is 0.613. The summed E-state index contributed by atoms with van der Waals surface area (Å²) in [7, 11) is 0. The fraction of sp³-hybridized carbons (Fsp3) is 0.167. The van der Waals surface area contributed by atoms with Crippen LogP contribution in [0.2, 0.25) is 0 Å². The molecule has 3 aromatic rings. The van der Waals surface area contributed by atoms with E-state index in [0.29, 0.717) is 0 Å². The van der Waals surface area contributed by atoms with Gasteiger partial charge in [0.1, 0.15) is 6.61 Å². The maximum absolute atomic E-state index is 12.3. The molecule has 0 heterocycles. The van der Waals surface area contributed by atoms with E-state index in [4.69, 9.17) is 4.74 Å². The van der Waals surface area contributed by atoms with E-state index in [1.165, 1.54) is 6.92 Å². The monoisotopic (exact) mass is 373 g/mol. The molecule has 0 saturated heterocycles. The molecule has 0 aliphatic heterocycles. The molecule has 1 N–H and O–H groups in total. The summed E-state index contributed by atoms with van der Waals surface area (Å²) in [4.78, 5) is 23.8. The van der Waals surface area contributed by atoms with E-state index >= 15 is 0 Å². The van der Waals surface area contributed by atoms with Gasteiger partial charge in [0.15, 0.2) is 0 Å². The largest absolute Gasteiger partial charge is 0.461 e. The zero-order valence-electron chi connectivity index (χ0n) is 15.8. The molecule has 1 atom stereocenters. The van der Waals surface area contributed by atoms with Crippen molar-refractivity contribution in [2.24, 2.45) is 0 Å². The molecule has 0 aliphatic carbocycles. The second-order valence-electron chi connectivity index (χ2n) is 6.59. The number of rotatable bonds is 7. The van der Waals surface area contributed by atoms with Gasteiger partial charge in [-0.05, 0) is 22.3 Å². The van der Waals surface area contributed by atoms with Crippen LogP contribution in [0.4, 0.5) is 0 Å². The van der Waals surface area contributed by atoms with Gasteiger partial charge in [-0.25, -0.2) is 0 Å². The first-order chi connectivity index (χ1) is 13.6. The molecule has 0 unspecified atom stereocenters. The van der Waals surface area contributed by atoms with E-state index in [0.717, 1.165) is 22.3 Å². The van der Waals surface area contributed by atoms with Crippen LogP contribution < -0.4 is 5.32 Å². The van der Waals surface area contributed by atoms with Gasteiger partial charge in [0.2, 0.25) is 5.91 Å². The van der Waals surface area contributed by atoms with E-state index < -0.39 is 6.04 Å². The Labute approximate surface area is 165 Å². The van der Waals surface area contributed by atoms with Crippen molar-refractivity contribution in [2.75, 3.05) is 0 Å². The Morgan fingerprint density at radius 1 is 0.821 bits per heavy atom. The molecule has 0 aromatic heterocycles. The van der Waals surface area contributed by atoms with E-state index in [1.807, 2.05) is 72.8 Å². The van der Waals surface area contributed by atoms with Crippen molar-refractivity contribution < 1.29 is 14.3 Å². The maximum Gasteiger partial charge on any atom is 0.308 e. The summed E-state index contributed by atoms with van der Waals surface area (Å²) in [5.74, 6) is -0.534. The molecule has 1 amide bonds. The van der Waals surface area contributed by atoms with Gasteiger partial charge in [-0.3, -0.25) is 9.59 Å². The molecule has 4 nitrogen and oxygen atoms in total. The van der Waals surface area contributed by atoms with Crippen molar-refractivity contribution in [1.82, 2.24) is 5.32 Å². The number of hydrogen-bond acceptors (Lipinski definition) is 3. The summed E-state index contributed by atoms with van der Waals surface area (Å²) in [6, 6.07) is 27.1. The molecule has 0 saturated carbocycles. The summed E-state index contributed by atoms with van der Waals surface area (Å²) in [5.41, 5.74) is 4.06. The summed E-state index contributed by atoms with van der Waals surface area (Å²) in [6.07, 6.45) is 0.0890. The number of esters is 1. The Balaban J connectivity index is 1.57. The second kappa shape index (κ2) is 9.51. The van der Waals surface area contributed by atoms with Crippen LogP contribution in [0.25, 0.3) is 11.1 Å². The lowest BCUT2D eigenvalue weighted by Gasteiger charge is -2.17. The lowest BCUT2D eigenvalue weighted by molar-refractivity contribution is -0.145. The second-order valence-corrected chi connectivity index (χ2v) is 6.59. The molecule has 0 spiro atoms. The Kier molecular flexibility index (Phi) is 6.58. The highest BCUT2D eigenvalue weighted by molar-refractivity contribution is 5.76. The predicted molar refractivity (Wildman–Crippen MR) is 109 cm³/mol. The van der Waals surface area contributed by atoms with Gasteiger partial charge in [-0.15, -0.1) is 0 Å². The first-order valence-electron chi connectivity index (χ1n) is 9.24. The highest BCUT2D eigenvalue weighted by Crippen LogP contribution is 2.20. The SMILES string of the molecule is CC(=O)N[C@@H](CC(=O)OCc1ccc(-c2ccccc2)cc1)c1ccccc1. The first-order valence-corrected chi connectivity index (χ1v) is 9.24. The van der Waals surface area contributed by atoms with Gasteiger partial charge in [0.25, 0.3) is 0 Å². The average molecular weight is 373 g/mol. The van der Waals surface area contributed by atoms with Crippen molar-refractivity contribution in [1.29, 1.82) is 0 Å². The number of benzene rings is 3. The van der Waals surface area contributed by atoms with Crippen LogP contribution in [0.1, 0.15) is 30.5 Å². The third kappa shape index (κ3) is 5.55. The van der Waals surface area contributed by atoms with Crippen molar-refractivity contribution in [3.05, 3.63) is 96.1 Å². The van der Waals surface area contributed by atoms with E-state index in [9.17, 15) is 9.59 Å². The average Bonchev–Trinajstić information content (AvgIpc) is 2.73. The Hall–Kier alpha value is -3.40. The van der Waals surface area contributed by atoms with E-state index in [2.05, 4.69) is 17.4 Å². The number of ether oxygens (including phenoxy) is 1. The topological polar surface area (TPSA) is 55.4 Å². The van der Waals surface area contributed by atoms with Crippen LogP contribution in [0, 0.1) is 0 Å². The van der Waals surface area contributed by atoms with Gasteiger partial charge in [0, 0.05) is 6.92 Å². The normalized spacial score (nSPS) is 11.5. The minimum absolute atomic E-state index is 0.0890. The molecular formula is C24H23NO3. The molecule has 28 heavy (non-hydrogen) atoms. The smallest absolute Gasteiger partial charge is 0.308 e. The molecule has 0 bridgehead atoms. The fourth-order valence-corrected chi connectivity index (χ4v) is 3.00. The predicted octanol–water partition coefficient (Wildman–Crippen LogP) is 4.66. The van der Waals surface area contributed by atoms with Crippen molar-refractivity contribution in [3.8, 4) is 11.1 Å². The fourth-order valence-electron chi connectivity index (χ4n) is 3.00. The molecule has 0 radical (unpaired) electrons. The molecular weight excluding hydrogens is 350 g/mol. The minimum Gasteiger partial charge on any atom is -0.461 e. The van der Waals surface area contributed by atoms with Gasteiger partial charge < -0.3 is 10.1 Å². The Morgan fingerprint density at radius 3 is 2.00 bits per heavy atom. The Morgan fingerprint density at radius 2 is 1.39 bits per heavy atom. The van der Waals surface area contributed by atoms with Crippen LogP contribution in [-0.4, -0.2) is 11.9 Å². The summed E-state index contributed by atoms with van der Waals surface area (Å²) < 4.78 is 5.42. The van der Waals surface area contributed by atoms with Crippen LogP contribution >= 0.6 is 0 Å². The van der Waals surface area contributed by atoms with Crippen LogP contribution in [0.3, 0.4) is 0 Å². The number of carbonyl (C=O) groups is 2. The third-order valence-electron chi connectivity index (χ3n) is 4.41. The highest BCUT2D eigenvalue weighted by atomic mass is 16.5. The summed E-state index contributed by atoms with van der Waals surface area (Å²) in [5, 5.41) is 2.81. The summed E-state index contributed by atoms with van der Waals surface area (Å²) >= 11 is 0. The van der Waals surface area contributed by atoms with Crippen molar-refractivity contribution in [3.63, 3.8) is 0 Å². The lowest BCUT2D eigenvalue weighted by Crippen LogP contribution is -2.28. The highest BCUT2D eigenvalue weighted by Gasteiger charge is 2.18. The summed E-state index contributed by atoms with van der Waals surface area (Å²) in [6.45, 7) is 1.64. The van der Waals surface area contributed by atoms with Crippen LogP contribution in [0.15, 0.2) is 84.9 Å². The van der Waals surface area contributed by atoms with Gasteiger partial charge in [0.05, 0.1) is 12.5 Å². The number of carbonyl (C=O) groups excluding carboxylic acids is 2. The van der Waals surface area contributed by atoms with Gasteiger partial charge in [-0.1, -0.05) is 84.9 Å². The minimum atomic E-state index is -0.397. The zero-order valence-corrected chi connectivity index (χ0v) is 15.8. The zero-order chi connectivity index (χ0) is 19.8. The van der Waals surface area contributed by atoms with Crippen LogP contribution in [0.5, 0.6) is 0 Å². The molecule has 0 aliphatic rings. The standard InChI is InChI=1S/C24H23NO3/c1-18(26)25-23(22-10-6-3-7-11-22)16-24(27)28-17-19-12-14-21(15-13-19)20-8-4-2-5-9-20/h2-15,23H,16-17H2,1H3,(H,25,26)/t23-/m0/s1. The number of nitrogens with one attached hydrogen (secondary N) is 1. The number of amides is 1. The van der Waals surface area contributed by atoms with Crippen molar-refractivity contribution >= 4 is 11.9 Å². The van der Waals surface area contributed by atoms with E-state index in [1.54, 1.807) is 0 Å². The molecule has 0 fully saturated rings. The molecule has 3 rings (SSSR count). The molecule has 3 aromatic carbocycles. The van der Waals surface area contributed by atoms with Crippen LogP contribution in [-0.2, 0) is 20.9 Å². The lowest BCUT2D eigenvalue weighted by atomic mass is 10.0. The number of hydrogen-bond donors (Lipinski definition) is 1. The molecule has 142 valence electrons. The third-order valence-corrected chi connectivity index (χ3v) is 4.41. The van der Waals surface area contributed by atoms with Gasteiger partial charge in [-0.2, -0.15) is 0 Å². The van der Waals surface area contributed by atoms with Gasteiger partial charge >= 0.3 is 5.97 Å². The first kappa shape index (κ1) is 19.4. The Bertz CT molecular complexity index is 906.